The molecule has 3 nitrogen and oxygen atoms in total. The van der Waals surface area contributed by atoms with Crippen LogP contribution in [-0.2, 0) is 0 Å². The van der Waals surface area contributed by atoms with E-state index in [-0.39, 0.29) is 18.6 Å². The van der Waals surface area contributed by atoms with E-state index in [1.165, 1.54) is 32.1 Å². The average molecular weight is 229 g/mol. The largest absolute Gasteiger partial charge is 0.396 e. The number of nitrogens with one attached hydrogen (secondary N) is 1. The molecule has 1 rings (SSSR count). The van der Waals surface area contributed by atoms with Gasteiger partial charge in [-0.3, -0.25) is 0 Å². The van der Waals surface area contributed by atoms with Crippen molar-refractivity contribution in [2.75, 3.05) is 26.3 Å². The molecule has 0 heterocycles. The van der Waals surface area contributed by atoms with E-state index in [0.29, 0.717) is 12.0 Å². The van der Waals surface area contributed by atoms with Gasteiger partial charge in [0.25, 0.3) is 0 Å². The van der Waals surface area contributed by atoms with Crippen LogP contribution in [0.25, 0.3) is 0 Å². The quantitative estimate of drug-likeness (QED) is 0.647. The van der Waals surface area contributed by atoms with Gasteiger partial charge < -0.3 is 15.5 Å². The van der Waals surface area contributed by atoms with E-state index < -0.39 is 0 Å². The van der Waals surface area contributed by atoms with Gasteiger partial charge in [-0.25, -0.2) is 0 Å². The molecule has 0 radical (unpaired) electrons. The third-order valence-electron chi connectivity index (χ3n) is 3.93. The van der Waals surface area contributed by atoms with Gasteiger partial charge in [0.05, 0.1) is 13.2 Å². The molecule has 3 heteroatoms. The predicted molar refractivity (Wildman–Crippen MR) is 66.3 cm³/mol. The molecule has 1 fully saturated rings. The highest BCUT2D eigenvalue weighted by molar-refractivity contribution is 4.82. The minimum Gasteiger partial charge on any atom is -0.396 e. The van der Waals surface area contributed by atoms with Crippen LogP contribution in [0.3, 0.4) is 0 Å². The van der Waals surface area contributed by atoms with Crippen LogP contribution in [0.4, 0.5) is 0 Å². The Labute approximate surface area is 99.3 Å². The lowest BCUT2D eigenvalue weighted by Gasteiger charge is -2.35. The smallest absolute Gasteiger partial charge is 0.0518 e. The molecule has 0 aromatic heterocycles. The molecule has 1 aliphatic rings. The molecule has 0 atom stereocenters. The number of rotatable bonds is 6. The van der Waals surface area contributed by atoms with Crippen molar-refractivity contribution in [1.82, 2.24) is 5.32 Å². The predicted octanol–water partition coefficient (Wildman–Crippen LogP) is 1.54. The molecule has 96 valence electrons. The van der Waals surface area contributed by atoms with Crippen LogP contribution in [0.2, 0.25) is 0 Å². The Balaban J connectivity index is 2.28. The van der Waals surface area contributed by atoms with E-state index in [9.17, 15) is 10.2 Å². The fraction of sp³-hybridized carbons (Fsp3) is 1.00. The second kappa shape index (κ2) is 5.99. The highest BCUT2D eigenvalue weighted by atomic mass is 16.3. The van der Waals surface area contributed by atoms with Gasteiger partial charge in [-0.1, -0.05) is 33.1 Å². The summed E-state index contributed by atoms with van der Waals surface area (Å²) in [6.07, 6.45) is 6.66. The van der Waals surface area contributed by atoms with Crippen molar-refractivity contribution in [2.45, 2.75) is 46.0 Å². The zero-order valence-corrected chi connectivity index (χ0v) is 10.8. The van der Waals surface area contributed by atoms with Crippen molar-refractivity contribution in [3.8, 4) is 0 Å². The van der Waals surface area contributed by atoms with Crippen LogP contribution in [0.1, 0.15) is 46.0 Å². The Bertz CT molecular complexity index is 196. The van der Waals surface area contributed by atoms with Gasteiger partial charge in [0.15, 0.2) is 0 Å². The van der Waals surface area contributed by atoms with Crippen molar-refractivity contribution in [2.24, 2.45) is 10.8 Å². The lowest BCUT2D eigenvalue weighted by atomic mass is 9.75. The van der Waals surface area contributed by atoms with Crippen molar-refractivity contribution in [3.63, 3.8) is 0 Å². The van der Waals surface area contributed by atoms with Crippen LogP contribution < -0.4 is 5.32 Å². The van der Waals surface area contributed by atoms with Crippen LogP contribution in [0, 0.1) is 10.8 Å². The monoisotopic (exact) mass is 229 g/mol. The molecular formula is C13H27NO2. The van der Waals surface area contributed by atoms with E-state index >= 15 is 0 Å². The summed E-state index contributed by atoms with van der Waals surface area (Å²) in [5.74, 6) is 0. The number of hydrogen-bond acceptors (Lipinski definition) is 3. The molecule has 0 bridgehead atoms. The van der Waals surface area contributed by atoms with Gasteiger partial charge in [-0.05, 0) is 18.3 Å². The number of aliphatic hydroxyl groups excluding tert-OH is 2. The first-order chi connectivity index (χ1) is 7.54. The van der Waals surface area contributed by atoms with Crippen molar-refractivity contribution in [1.29, 1.82) is 0 Å². The second-order valence-electron chi connectivity index (χ2n) is 6.10. The first kappa shape index (κ1) is 13.9. The zero-order valence-electron chi connectivity index (χ0n) is 10.8. The summed E-state index contributed by atoms with van der Waals surface area (Å²) >= 11 is 0. The third kappa shape index (κ3) is 4.04. The Morgan fingerprint density at radius 2 is 1.69 bits per heavy atom. The Kier molecular flexibility index (Phi) is 5.22. The topological polar surface area (TPSA) is 52.5 Å². The van der Waals surface area contributed by atoms with Gasteiger partial charge in [0.2, 0.25) is 0 Å². The van der Waals surface area contributed by atoms with E-state index in [0.717, 1.165) is 6.54 Å². The fourth-order valence-electron chi connectivity index (χ4n) is 2.41. The molecule has 1 aliphatic carbocycles. The lowest BCUT2D eigenvalue weighted by Crippen LogP contribution is -2.42. The molecule has 0 spiro atoms. The highest BCUT2D eigenvalue weighted by Crippen LogP contribution is 2.35. The summed E-state index contributed by atoms with van der Waals surface area (Å²) < 4.78 is 0. The highest BCUT2D eigenvalue weighted by Gasteiger charge is 2.28. The van der Waals surface area contributed by atoms with Crippen LogP contribution in [0.5, 0.6) is 0 Å². The maximum atomic E-state index is 9.19. The van der Waals surface area contributed by atoms with Crippen molar-refractivity contribution >= 4 is 0 Å². The number of hydrogen-bond donors (Lipinski definition) is 3. The molecule has 0 aromatic carbocycles. The minimum absolute atomic E-state index is 0.0349. The van der Waals surface area contributed by atoms with Gasteiger partial charge >= 0.3 is 0 Å². The first-order valence-electron chi connectivity index (χ1n) is 6.46. The van der Waals surface area contributed by atoms with E-state index in [1.54, 1.807) is 0 Å². The van der Waals surface area contributed by atoms with E-state index in [2.05, 4.69) is 12.2 Å². The second-order valence-corrected chi connectivity index (χ2v) is 6.10. The fourth-order valence-corrected chi connectivity index (χ4v) is 2.41. The molecule has 0 unspecified atom stereocenters. The normalized spacial score (nSPS) is 21.0. The van der Waals surface area contributed by atoms with Crippen LogP contribution in [-0.4, -0.2) is 36.5 Å². The Morgan fingerprint density at radius 1 is 1.12 bits per heavy atom. The zero-order chi connectivity index (χ0) is 12.1. The Hall–Kier alpha value is -0.120. The van der Waals surface area contributed by atoms with Gasteiger partial charge in [0, 0.05) is 18.5 Å². The summed E-state index contributed by atoms with van der Waals surface area (Å²) in [7, 11) is 0. The molecule has 0 amide bonds. The van der Waals surface area contributed by atoms with Crippen molar-refractivity contribution in [3.05, 3.63) is 0 Å². The molecule has 3 N–H and O–H groups in total. The van der Waals surface area contributed by atoms with E-state index in [1.807, 2.05) is 6.92 Å². The third-order valence-corrected chi connectivity index (χ3v) is 3.93. The maximum Gasteiger partial charge on any atom is 0.0518 e. The first-order valence-corrected chi connectivity index (χ1v) is 6.46. The summed E-state index contributed by atoms with van der Waals surface area (Å²) in [6, 6.07) is 0. The molecule has 0 aliphatic heterocycles. The summed E-state index contributed by atoms with van der Waals surface area (Å²) in [6.45, 7) is 6.01. The SMILES string of the molecule is CC(CO)(CO)CNCC1(C)CCCCC1. The molecular weight excluding hydrogens is 202 g/mol. The van der Waals surface area contributed by atoms with Gasteiger partial charge in [0.1, 0.15) is 0 Å². The van der Waals surface area contributed by atoms with E-state index in [4.69, 9.17) is 0 Å². The summed E-state index contributed by atoms with van der Waals surface area (Å²) in [4.78, 5) is 0. The standard InChI is InChI=1S/C13H27NO2/c1-12(6-4-3-5-7-12)8-14-9-13(2,10-15)11-16/h14-16H,3-11H2,1-2H3. The lowest BCUT2D eigenvalue weighted by molar-refractivity contribution is 0.0655. The van der Waals surface area contributed by atoms with Crippen LogP contribution in [0.15, 0.2) is 0 Å². The molecule has 16 heavy (non-hydrogen) atoms. The Morgan fingerprint density at radius 3 is 2.19 bits per heavy atom. The minimum atomic E-state index is -0.384. The van der Waals surface area contributed by atoms with Gasteiger partial charge in [-0.2, -0.15) is 0 Å². The maximum absolute atomic E-state index is 9.19. The van der Waals surface area contributed by atoms with Gasteiger partial charge in [-0.15, -0.1) is 0 Å². The number of aliphatic hydroxyl groups is 2. The molecule has 0 aromatic rings. The van der Waals surface area contributed by atoms with Crippen LogP contribution >= 0.6 is 0 Å². The summed E-state index contributed by atoms with van der Waals surface area (Å²) in [5.41, 5.74) is 0.0368. The molecule has 1 saturated carbocycles. The average Bonchev–Trinajstić information content (AvgIpc) is 2.29. The summed E-state index contributed by atoms with van der Waals surface area (Å²) in [5, 5.41) is 21.8. The van der Waals surface area contributed by atoms with Crippen molar-refractivity contribution < 1.29 is 10.2 Å². The molecule has 0 saturated heterocycles.